The summed E-state index contributed by atoms with van der Waals surface area (Å²) in [6.07, 6.45) is 0. The molecule has 0 bridgehead atoms. The van der Waals surface area contributed by atoms with E-state index in [1.165, 1.54) is 5.39 Å². The fourth-order valence-corrected chi connectivity index (χ4v) is 2.33. The predicted molar refractivity (Wildman–Crippen MR) is 73.4 cm³/mol. The summed E-state index contributed by atoms with van der Waals surface area (Å²) in [5.74, 6) is 0.905. The molecule has 4 rings (SSSR count). The summed E-state index contributed by atoms with van der Waals surface area (Å²) in [5, 5.41) is 1.18. The molecule has 18 heavy (non-hydrogen) atoms. The molecule has 0 aliphatic carbocycles. The van der Waals surface area contributed by atoms with E-state index >= 15 is 0 Å². The molecule has 0 atom stereocenters. The number of para-hydroxylation sites is 1. The maximum Gasteiger partial charge on any atom is 0.157 e. The Balaban J connectivity index is 2.00. The Hall–Kier alpha value is -2.55. The van der Waals surface area contributed by atoms with E-state index in [1.807, 2.05) is 30.3 Å². The van der Waals surface area contributed by atoms with Crippen molar-refractivity contribution >= 4 is 22.1 Å². The van der Waals surface area contributed by atoms with Crippen LogP contribution in [0.2, 0.25) is 0 Å². The van der Waals surface area contributed by atoms with Gasteiger partial charge in [-0.1, -0.05) is 48.5 Å². The molecule has 0 saturated carbocycles. The van der Waals surface area contributed by atoms with Crippen molar-refractivity contribution in [1.82, 2.24) is 15.0 Å². The minimum atomic E-state index is 0.905. The second-order valence-electron chi connectivity index (χ2n) is 4.35. The lowest BCUT2D eigenvalue weighted by molar-refractivity contribution is 1.31. The van der Waals surface area contributed by atoms with Crippen molar-refractivity contribution in [3.05, 3.63) is 54.6 Å². The first-order valence-electron chi connectivity index (χ1n) is 5.94. The van der Waals surface area contributed by atoms with Crippen molar-refractivity contribution in [1.29, 1.82) is 0 Å². The number of fused-ring (bicyclic) bond motifs is 3. The molecule has 2 N–H and O–H groups in total. The van der Waals surface area contributed by atoms with Crippen molar-refractivity contribution < 1.29 is 0 Å². The summed E-state index contributed by atoms with van der Waals surface area (Å²) in [6, 6.07) is 18.4. The number of nitrogens with one attached hydrogen (secondary N) is 2. The Morgan fingerprint density at radius 1 is 0.778 bits per heavy atom. The predicted octanol–water partition coefficient (Wildman–Crippen LogP) is 3.71. The molecule has 0 fully saturated rings. The van der Waals surface area contributed by atoms with Crippen LogP contribution >= 0.6 is 0 Å². The molecule has 0 unspecified atom stereocenters. The fourth-order valence-electron chi connectivity index (χ4n) is 2.33. The van der Waals surface area contributed by atoms with Crippen LogP contribution in [0, 0.1) is 0 Å². The smallest absolute Gasteiger partial charge is 0.157 e. The van der Waals surface area contributed by atoms with Gasteiger partial charge >= 0.3 is 0 Å². The molecule has 0 saturated heterocycles. The number of imidazole rings is 1. The van der Waals surface area contributed by atoms with Crippen molar-refractivity contribution in [2.45, 2.75) is 0 Å². The number of nitrogens with zero attached hydrogens (tertiary/aromatic N) is 1. The molecule has 3 nitrogen and oxygen atoms in total. The van der Waals surface area contributed by atoms with Crippen LogP contribution < -0.4 is 0 Å². The molecule has 3 heteroatoms. The van der Waals surface area contributed by atoms with Gasteiger partial charge in [0, 0.05) is 16.5 Å². The summed E-state index contributed by atoms with van der Waals surface area (Å²) in [6.45, 7) is 0. The first-order valence-corrected chi connectivity index (χ1v) is 5.94. The van der Waals surface area contributed by atoms with Crippen molar-refractivity contribution in [2.24, 2.45) is 0 Å². The molecular weight excluding hydrogens is 222 g/mol. The van der Waals surface area contributed by atoms with E-state index in [0.29, 0.717) is 0 Å². The molecule has 0 radical (unpaired) electrons. The zero-order chi connectivity index (χ0) is 11.9. The molecule has 2 heterocycles. The van der Waals surface area contributed by atoms with Crippen molar-refractivity contribution in [3.63, 3.8) is 0 Å². The third-order valence-corrected chi connectivity index (χ3v) is 3.20. The highest BCUT2D eigenvalue weighted by Crippen LogP contribution is 2.26. The minimum Gasteiger partial charge on any atom is -0.338 e. The molecule has 0 spiro atoms. The van der Waals surface area contributed by atoms with Crippen LogP contribution in [0.4, 0.5) is 0 Å². The largest absolute Gasteiger partial charge is 0.338 e. The zero-order valence-corrected chi connectivity index (χ0v) is 9.64. The third kappa shape index (κ3) is 1.27. The Morgan fingerprint density at radius 2 is 1.56 bits per heavy atom. The quantitative estimate of drug-likeness (QED) is 0.517. The van der Waals surface area contributed by atoms with Crippen molar-refractivity contribution in [2.75, 3.05) is 0 Å². The summed E-state index contributed by atoms with van der Waals surface area (Å²) in [5.41, 5.74) is 4.21. The molecule has 0 aliphatic rings. The Labute approximate surface area is 103 Å². The molecule has 0 aliphatic heterocycles. The average Bonchev–Trinajstić information content (AvgIpc) is 2.97. The van der Waals surface area contributed by atoms with Crippen LogP contribution in [0.15, 0.2) is 54.6 Å². The molecule has 86 valence electrons. The average molecular weight is 233 g/mol. The molecule has 2 aromatic heterocycles. The van der Waals surface area contributed by atoms with Crippen LogP contribution in [-0.2, 0) is 0 Å². The summed E-state index contributed by atoms with van der Waals surface area (Å²) >= 11 is 0. The van der Waals surface area contributed by atoms with Gasteiger partial charge in [-0.25, -0.2) is 4.98 Å². The van der Waals surface area contributed by atoms with Crippen LogP contribution in [-0.4, -0.2) is 15.0 Å². The van der Waals surface area contributed by atoms with Crippen LogP contribution in [0.3, 0.4) is 0 Å². The first-order chi connectivity index (χ1) is 8.92. The van der Waals surface area contributed by atoms with Gasteiger partial charge in [0.15, 0.2) is 5.65 Å². The van der Waals surface area contributed by atoms with E-state index in [0.717, 1.165) is 28.1 Å². The van der Waals surface area contributed by atoms with Gasteiger partial charge < -0.3 is 9.97 Å². The van der Waals surface area contributed by atoms with Gasteiger partial charge in [0.05, 0.1) is 5.52 Å². The van der Waals surface area contributed by atoms with Crippen LogP contribution in [0.25, 0.3) is 33.5 Å². The van der Waals surface area contributed by atoms with Crippen LogP contribution in [0.1, 0.15) is 0 Å². The molecule has 2 aromatic carbocycles. The number of aromatic nitrogens is 3. The first kappa shape index (κ1) is 9.48. The monoisotopic (exact) mass is 233 g/mol. The molecule has 0 amide bonds. The second-order valence-corrected chi connectivity index (χ2v) is 4.35. The lowest BCUT2D eigenvalue weighted by Gasteiger charge is -1.94. The minimum absolute atomic E-state index is 0.905. The number of hydrogen-bond donors (Lipinski definition) is 2. The van der Waals surface area contributed by atoms with Crippen molar-refractivity contribution in [3.8, 4) is 11.4 Å². The molecular formula is C15H11N3. The van der Waals surface area contributed by atoms with E-state index in [9.17, 15) is 0 Å². The molecule has 4 aromatic rings. The highest BCUT2D eigenvalue weighted by Gasteiger charge is 2.09. The number of rotatable bonds is 1. The Bertz CT molecular complexity index is 825. The van der Waals surface area contributed by atoms with Gasteiger partial charge in [0.1, 0.15) is 5.82 Å². The number of hydrogen-bond acceptors (Lipinski definition) is 1. The van der Waals surface area contributed by atoms with Gasteiger partial charge in [-0.15, -0.1) is 0 Å². The maximum atomic E-state index is 4.61. The van der Waals surface area contributed by atoms with E-state index in [2.05, 4.69) is 39.2 Å². The highest BCUT2D eigenvalue weighted by atomic mass is 15.0. The number of H-pyrrole nitrogens is 2. The van der Waals surface area contributed by atoms with Crippen LogP contribution in [0.5, 0.6) is 0 Å². The van der Waals surface area contributed by atoms with Gasteiger partial charge in [-0.2, -0.15) is 0 Å². The normalized spacial score (nSPS) is 11.3. The van der Waals surface area contributed by atoms with E-state index in [1.54, 1.807) is 0 Å². The SMILES string of the molecule is c1ccc(-c2nc3[nH]c4ccccc4c3[nH]2)cc1. The van der Waals surface area contributed by atoms with Gasteiger partial charge in [0.25, 0.3) is 0 Å². The van der Waals surface area contributed by atoms with Gasteiger partial charge in [-0.05, 0) is 6.07 Å². The number of aromatic amines is 2. The summed E-state index contributed by atoms with van der Waals surface area (Å²) < 4.78 is 0. The lowest BCUT2D eigenvalue weighted by Crippen LogP contribution is -1.79. The second kappa shape index (κ2) is 3.47. The standard InChI is InChI=1S/C15H11N3/c1-2-6-10(7-3-1)14-17-13-11-8-4-5-9-12(11)16-15(13)18-14/h1-9,16H,(H,17,18). The highest BCUT2D eigenvalue weighted by molar-refractivity contribution is 6.04. The van der Waals surface area contributed by atoms with E-state index < -0.39 is 0 Å². The lowest BCUT2D eigenvalue weighted by atomic mass is 10.2. The van der Waals surface area contributed by atoms with Gasteiger partial charge in [0.2, 0.25) is 0 Å². The van der Waals surface area contributed by atoms with E-state index in [4.69, 9.17) is 0 Å². The zero-order valence-electron chi connectivity index (χ0n) is 9.64. The number of benzene rings is 2. The van der Waals surface area contributed by atoms with Gasteiger partial charge in [-0.3, -0.25) is 0 Å². The summed E-state index contributed by atoms with van der Waals surface area (Å²) in [4.78, 5) is 11.3. The Kier molecular flexibility index (Phi) is 1.83. The fraction of sp³-hybridized carbons (Fsp3) is 0. The van der Waals surface area contributed by atoms with E-state index in [-0.39, 0.29) is 0 Å². The third-order valence-electron chi connectivity index (χ3n) is 3.20. The summed E-state index contributed by atoms with van der Waals surface area (Å²) in [7, 11) is 0. The Morgan fingerprint density at radius 3 is 2.44 bits per heavy atom. The maximum absolute atomic E-state index is 4.61. The topological polar surface area (TPSA) is 44.5 Å².